The summed E-state index contributed by atoms with van der Waals surface area (Å²) in [5.74, 6) is 1.35. The Morgan fingerprint density at radius 3 is 3.00 bits per heavy atom. The highest BCUT2D eigenvalue weighted by Crippen LogP contribution is 2.26. The van der Waals surface area contributed by atoms with Crippen LogP contribution >= 0.6 is 0 Å². The number of ether oxygens (including phenoxy) is 1. The van der Waals surface area contributed by atoms with Crippen LogP contribution in [0.2, 0.25) is 0 Å². The van der Waals surface area contributed by atoms with Crippen molar-refractivity contribution in [2.24, 2.45) is 7.05 Å². The normalized spacial score (nSPS) is 10.6. The highest BCUT2D eigenvalue weighted by atomic mass is 16.5. The standard InChI is InChI=1S/C19H16N6O/c1-25-12-14(11-22-25)17-7-13-10-21-19(9-18(13)24-17)23-15-3-2-4-16(8-15)26-6-5-20/h2-4,7-12,24H,6H2,1H3,(H,21,23). The third-order valence-corrected chi connectivity index (χ3v) is 3.93. The quantitative estimate of drug-likeness (QED) is 0.577. The van der Waals surface area contributed by atoms with E-state index in [0.717, 1.165) is 33.7 Å². The molecule has 128 valence electrons. The largest absolute Gasteiger partial charge is 0.479 e. The summed E-state index contributed by atoms with van der Waals surface area (Å²) in [4.78, 5) is 7.86. The van der Waals surface area contributed by atoms with Crippen LogP contribution in [0, 0.1) is 11.3 Å². The van der Waals surface area contributed by atoms with Crippen molar-refractivity contribution in [2.75, 3.05) is 11.9 Å². The van der Waals surface area contributed by atoms with Gasteiger partial charge in [-0.1, -0.05) is 6.07 Å². The molecule has 0 unspecified atom stereocenters. The second kappa shape index (κ2) is 6.61. The molecule has 1 aromatic carbocycles. The average molecular weight is 344 g/mol. The first kappa shape index (κ1) is 15.7. The number of benzene rings is 1. The second-order valence-electron chi connectivity index (χ2n) is 5.84. The van der Waals surface area contributed by atoms with Crippen molar-refractivity contribution in [1.82, 2.24) is 19.7 Å². The van der Waals surface area contributed by atoms with Gasteiger partial charge in [0.05, 0.1) is 11.7 Å². The molecule has 2 N–H and O–H groups in total. The molecule has 0 saturated heterocycles. The minimum Gasteiger partial charge on any atom is -0.479 e. The molecule has 26 heavy (non-hydrogen) atoms. The Balaban J connectivity index is 1.59. The van der Waals surface area contributed by atoms with Crippen LogP contribution in [-0.2, 0) is 7.05 Å². The van der Waals surface area contributed by atoms with E-state index in [1.165, 1.54) is 0 Å². The highest BCUT2D eigenvalue weighted by Gasteiger charge is 2.07. The maximum atomic E-state index is 8.61. The van der Waals surface area contributed by atoms with Gasteiger partial charge in [-0.2, -0.15) is 10.4 Å². The van der Waals surface area contributed by atoms with Gasteiger partial charge in [0.2, 0.25) is 0 Å². The molecule has 0 bridgehead atoms. The van der Waals surface area contributed by atoms with Gasteiger partial charge in [-0.3, -0.25) is 4.68 Å². The molecule has 0 radical (unpaired) electrons. The summed E-state index contributed by atoms with van der Waals surface area (Å²) in [6.07, 6.45) is 5.61. The van der Waals surface area contributed by atoms with E-state index in [4.69, 9.17) is 10.00 Å². The van der Waals surface area contributed by atoms with Crippen LogP contribution in [0.5, 0.6) is 5.75 Å². The lowest BCUT2D eigenvalue weighted by atomic mass is 10.2. The SMILES string of the molecule is Cn1cc(-c2cc3cnc(Nc4cccc(OCC#N)c4)cc3[nH]2)cn1. The number of nitrogens with zero attached hydrogens (tertiary/aromatic N) is 4. The number of H-pyrrole nitrogens is 1. The molecule has 3 aromatic heterocycles. The number of fused-ring (bicyclic) bond motifs is 1. The Morgan fingerprint density at radius 1 is 1.27 bits per heavy atom. The zero-order valence-electron chi connectivity index (χ0n) is 14.1. The van der Waals surface area contributed by atoms with Crippen molar-refractivity contribution >= 4 is 22.4 Å². The van der Waals surface area contributed by atoms with Crippen molar-refractivity contribution in [1.29, 1.82) is 5.26 Å². The lowest BCUT2D eigenvalue weighted by Crippen LogP contribution is -1.96. The lowest BCUT2D eigenvalue weighted by Gasteiger charge is -2.07. The Bertz CT molecular complexity index is 1100. The summed E-state index contributed by atoms with van der Waals surface area (Å²) >= 11 is 0. The first-order chi connectivity index (χ1) is 12.7. The van der Waals surface area contributed by atoms with Crippen LogP contribution in [0.25, 0.3) is 22.2 Å². The van der Waals surface area contributed by atoms with Crippen LogP contribution in [-0.4, -0.2) is 26.4 Å². The van der Waals surface area contributed by atoms with Gasteiger partial charge in [-0.05, 0) is 18.2 Å². The molecule has 0 aliphatic carbocycles. The molecule has 4 rings (SSSR count). The number of rotatable bonds is 5. The van der Waals surface area contributed by atoms with Crippen molar-refractivity contribution in [2.45, 2.75) is 0 Å². The van der Waals surface area contributed by atoms with Crippen LogP contribution < -0.4 is 10.1 Å². The first-order valence-electron chi connectivity index (χ1n) is 8.06. The molecule has 7 heteroatoms. The van der Waals surface area contributed by atoms with Gasteiger partial charge in [-0.15, -0.1) is 0 Å². The second-order valence-corrected chi connectivity index (χ2v) is 5.84. The first-order valence-corrected chi connectivity index (χ1v) is 8.06. The molecule has 0 spiro atoms. The molecule has 4 aromatic rings. The smallest absolute Gasteiger partial charge is 0.174 e. The van der Waals surface area contributed by atoms with Gasteiger partial charge in [0.1, 0.15) is 17.6 Å². The van der Waals surface area contributed by atoms with E-state index in [0.29, 0.717) is 5.75 Å². The Labute approximate surface area is 149 Å². The van der Waals surface area contributed by atoms with Crippen molar-refractivity contribution in [3.8, 4) is 23.1 Å². The van der Waals surface area contributed by atoms with E-state index in [1.807, 2.05) is 62.0 Å². The molecule has 0 fully saturated rings. The lowest BCUT2D eigenvalue weighted by molar-refractivity contribution is 0.368. The molecule has 0 aliphatic rings. The van der Waals surface area contributed by atoms with E-state index < -0.39 is 0 Å². The summed E-state index contributed by atoms with van der Waals surface area (Å²) < 4.78 is 7.09. The van der Waals surface area contributed by atoms with E-state index in [-0.39, 0.29) is 6.61 Å². The Morgan fingerprint density at radius 2 is 2.19 bits per heavy atom. The molecule has 7 nitrogen and oxygen atoms in total. The molecule has 0 saturated carbocycles. The molecular formula is C19H16N6O. The predicted octanol–water partition coefficient (Wildman–Crippen LogP) is 3.61. The number of aryl methyl sites for hydroxylation is 1. The zero-order chi connectivity index (χ0) is 17.9. The zero-order valence-corrected chi connectivity index (χ0v) is 14.1. The number of aromatic amines is 1. The number of hydrogen-bond donors (Lipinski definition) is 2. The molecule has 0 atom stereocenters. The number of hydrogen-bond acceptors (Lipinski definition) is 5. The average Bonchev–Trinajstić information content (AvgIpc) is 3.26. The van der Waals surface area contributed by atoms with Crippen LogP contribution in [0.1, 0.15) is 0 Å². The van der Waals surface area contributed by atoms with E-state index in [9.17, 15) is 0 Å². The Kier molecular flexibility index (Phi) is 4.00. The highest BCUT2D eigenvalue weighted by molar-refractivity contribution is 5.87. The van der Waals surface area contributed by atoms with Gasteiger partial charge in [0.25, 0.3) is 0 Å². The van der Waals surface area contributed by atoms with E-state index in [2.05, 4.69) is 26.4 Å². The minimum atomic E-state index is 0.0211. The van der Waals surface area contributed by atoms with Gasteiger partial charge in [-0.25, -0.2) is 4.98 Å². The Hall–Kier alpha value is -3.79. The summed E-state index contributed by atoms with van der Waals surface area (Å²) in [6.45, 7) is 0.0211. The third kappa shape index (κ3) is 3.21. The third-order valence-electron chi connectivity index (χ3n) is 3.93. The summed E-state index contributed by atoms with van der Waals surface area (Å²) in [5.41, 5.74) is 3.85. The molecular weight excluding hydrogens is 328 g/mol. The van der Waals surface area contributed by atoms with Gasteiger partial charge >= 0.3 is 0 Å². The van der Waals surface area contributed by atoms with E-state index >= 15 is 0 Å². The number of nitriles is 1. The summed E-state index contributed by atoms with van der Waals surface area (Å²) in [7, 11) is 1.89. The van der Waals surface area contributed by atoms with E-state index in [1.54, 1.807) is 4.68 Å². The maximum Gasteiger partial charge on any atom is 0.174 e. The monoisotopic (exact) mass is 344 g/mol. The predicted molar refractivity (Wildman–Crippen MR) is 99.1 cm³/mol. The molecule has 0 aliphatic heterocycles. The van der Waals surface area contributed by atoms with Crippen LogP contribution in [0.4, 0.5) is 11.5 Å². The van der Waals surface area contributed by atoms with Gasteiger partial charge in [0, 0.05) is 53.9 Å². The minimum absolute atomic E-state index is 0.0211. The molecule has 3 heterocycles. The maximum absolute atomic E-state index is 8.61. The topological polar surface area (TPSA) is 91.5 Å². The molecule has 0 amide bonds. The summed E-state index contributed by atoms with van der Waals surface area (Å²) in [5, 5.41) is 17.1. The number of nitrogens with one attached hydrogen (secondary N) is 2. The van der Waals surface area contributed by atoms with Crippen molar-refractivity contribution in [3.63, 3.8) is 0 Å². The van der Waals surface area contributed by atoms with Gasteiger partial charge < -0.3 is 15.0 Å². The number of anilines is 2. The van der Waals surface area contributed by atoms with Crippen LogP contribution in [0.3, 0.4) is 0 Å². The fourth-order valence-electron chi connectivity index (χ4n) is 2.74. The van der Waals surface area contributed by atoms with Crippen LogP contribution in [0.15, 0.2) is 55.0 Å². The van der Waals surface area contributed by atoms with Crippen molar-refractivity contribution < 1.29 is 4.74 Å². The number of aromatic nitrogens is 4. The fourth-order valence-corrected chi connectivity index (χ4v) is 2.74. The van der Waals surface area contributed by atoms with Crippen molar-refractivity contribution in [3.05, 3.63) is 55.0 Å². The summed E-state index contributed by atoms with van der Waals surface area (Å²) in [6, 6.07) is 13.4. The number of pyridine rings is 1. The fraction of sp³-hybridized carbons (Fsp3) is 0.105. The van der Waals surface area contributed by atoms with Gasteiger partial charge in [0.15, 0.2) is 6.61 Å².